The van der Waals surface area contributed by atoms with E-state index in [1.165, 1.54) is 0 Å². The van der Waals surface area contributed by atoms with Crippen LogP contribution in [0, 0.1) is 0 Å². The Balaban J connectivity index is 1.55. The van der Waals surface area contributed by atoms with Crippen LogP contribution >= 0.6 is 12.2 Å². The maximum absolute atomic E-state index is 6.44. The average Bonchev–Trinajstić information content (AvgIpc) is 3.42. The molecule has 0 spiro atoms. The summed E-state index contributed by atoms with van der Waals surface area (Å²) in [5.41, 5.74) is 0. The number of rotatable bonds is 6. The maximum atomic E-state index is 6.44. The molecule has 3 rings (SSSR count). The van der Waals surface area contributed by atoms with Crippen LogP contribution in [-0.4, -0.2) is 81.6 Å². The number of hydrogen-bond donors (Lipinski definition) is 0. The molecule has 0 unspecified atom stereocenters. The summed E-state index contributed by atoms with van der Waals surface area (Å²) in [4.78, 5) is 14.5. The lowest BCUT2D eigenvalue weighted by atomic mass is 10.2. The number of hydrogen-bond acceptors (Lipinski definition) is 5. The van der Waals surface area contributed by atoms with Gasteiger partial charge in [0.05, 0.1) is 25.3 Å². The molecule has 0 aromatic rings. The smallest absolute Gasteiger partial charge is 0.192 e. The van der Waals surface area contributed by atoms with Crippen LogP contribution in [0.1, 0.15) is 67.2 Å². The molecule has 3 aliphatic rings. The van der Waals surface area contributed by atoms with Gasteiger partial charge in [0.1, 0.15) is 11.7 Å². The molecular formula is C25H48N4O2SSi2. The summed E-state index contributed by atoms with van der Waals surface area (Å²) in [6.07, 6.45) is 4.07. The Morgan fingerprint density at radius 1 is 0.765 bits per heavy atom. The lowest BCUT2D eigenvalue weighted by Crippen LogP contribution is -2.42. The van der Waals surface area contributed by atoms with Crippen LogP contribution in [0.5, 0.6) is 0 Å². The molecule has 194 valence electrons. The van der Waals surface area contributed by atoms with Gasteiger partial charge in [-0.1, -0.05) is 41.5 Å². The van der Waals surface area contributed by atoms with E-state index in [1.54, 1.807) is 0 Å². The third kappa shape index (κ3) is 6.20. The van der Waals surface area contributed by atoms with Crippen molar-refractivity contribution in [2.45, 2.75) is 116 Å². The van der Waals surface area contributed by atoms with Gasteiger partial charge in [-0.25, -0.2) is 0 Å². The lowest BCUT2D eigenvalue weighted by Gasteiger charge is -2.36. The molecule has 1 saturated heterocycles. The normalized spacial score (nSPS) is 24.8. The van der Waals surface area contributed by atoms with E-state index in [-0.39, 0.29) is 22.2 Å². The highest BCUT2D eigenvalue weighted by Gasteiger charge is 2.40. The van der Waals surface area contributed by atoms with E-state index in [2.05, 4.69) is 77.5 Å². The van der Waals surface area contributed by atoms with E-state index in [1.807, 2.05) is 0 Å². The van der Waals surface area contributed by atoms with Crippen molar-refractivity contribution >= 4 is 45.6 Å². The molecule has 3 aliphatic heterocycles. The molecule has 2 atom stereocenters. The number of amidine groups is 2. The van der Waals surface area contributed by atoms with Crippen molar-refractivity contribution in [1.29, 1.82) is 0 Å². The second-order valence-electron chi connectivity index (χ2n) is 13.2. The van der Waals surface area contributed by atoms with Crippen molar-refractivity contribution in [3.8, 4) is 0 Å². The predicted octanol–water partition coefficient (Wildman–Crippen LogP) is 6.05. The van der Waals surface area contributed by atoms with Gasteiger partial charge in [0.15, 0.2) is 21.7 Å². The van der Waals surface area contributed by atoms with Gasteiger partial charge < -0.3 is 18.7 Å². The Hall–Kier alpha value is -0.616. The monoisotopic (exact) mass is 524 g/mol. The molecule has 6 nitrogen and oxygen atoms in total. The van der Waals surface area contributed by atoms with Crippen molar-refractivity contribution in [3.63, 3.8) is 0 Å². The number of aliphatic imine (C=N–C) groups is 2. The van der Waals surface area contributed by atoms with Crippen LogP contribution < -0.4 is 0 Å². The molecule has 0 aromatic heterocycles. The van der Waals surface area contributed by atoms with Gasteiger partial charge in [-0.15, -0.1) is 0 Å². The minimum atomic E-state index is -1.74. The zero-order valence-corrected chi connectivity index (χ0v) is 26.1. The van der Waals surface area contributed by atoms with Crippen LogP contribution in [0.15, 0.2) is 9.98 Å². The summed E-state index contributed by atoms with van der Waals surface area (Å²) < 4.78 is 12.9. The van der Waals surface area contributed by atoms with E-state index in [4.69, 9.17) is 31.1 Å². The van der Waals surface area contributed by atoms with Crippen LogP contribution in [0.4, 0.5) is 0 Å². The van der Waals surface area contributed by atoms with Crippen molar-refractivity contribution in [2.75, 3.05) is 26.3 Å². The first-order valence-electron chi connectivity index (χ1n) is 13.0. The molecule has 1 fully saturated rings. The lowest BCUT2D eigenvalue weighted by molar-refractivity contribution is 0.263. The SMILES string of the molecule is CC(C)(C)[Si](C)(C)OC[C@@H]1CCC(N2CCN(C3=N[C@H](CO[Si](C)(C)C(C)(C)C)CC3)C2=S)=N1. The minimum absolute atomic E-state index is 0.227. The van der Waals surface area contributed by atoms with Gasteiger partial charge in [-0.05, 0) is 61.3 Å². The largest absolute Gasteiger partial charge is 0.415 e. The molecule has 0 aromatic carbocycles. The molecule has 0 amide bonds. The fourth-order valence-electron chi connectivity index (χ4n) is 3.98. The Morgan fingerprint density at radius 2 is 1.12 bits per heavy atom. The van der Waals surface area contributed by atoms with Crippen LogP contribution in [0.2, 0.25) is 36.3 Å². The standard InChI is InChI=1S/C25H48N4O2SSi2/c1-24(2,3)33(7,8)30-17-19-11-13-21(26-19)28-15-16-29(23(28)32)22-14-12-20(27-22)18-31-34(9,10)25(4,5)6/h19-20H,11-18H2,1-10H3/t19-,20-/m0/s1. The minimum Gasteiger partial charge on any atom is -0.415 e. The molecule has 3 heterocycles. The highest BCUT2D eigenvalue weighted by Crippen LogP contribution is 2.38. The van der Waals surface area contributed by atoms with Crippen molar-refractivity contribution in [2.24, 2.45) is 9.98 Å². The van der Waals surface area contributed by atoms with E-state index >= 15 is 0 Å². The first-order chi connectivity index (χ1) is 15.5. The van der Waals surface area contributed by atoms with Gasteiger partial charge >= 0.3 is 0 Å². The molecule has 0 N–H and O–H groups in total. The summed E-state index contributed by atoms with van der Waals surface area (Å²) in [5.74, 6) is 2.26. The Morgan fingerprint density at radius 3 is 1.44 bits per heavy atom. The summed E-state index contributed by atoms with van der Waals surface area (Å²) in [6, 6.07) is 0.503. The summed E-state index contributed by atoms with van der Waals surface area (Å²) in [6.45, 7) is 26.2. The first-order valence-corrected chi connectivity index (χ1v) is 19.2. The van der Waals surface area contributed by atoms with E-state index in [9.17, 15) is 0 Å². The van der Waals surface area contributed by atoms with Crippen LogP contribution in [0.25, 0.3) is 0 Å². The van der Waals surface area contributed by atoms with Gasteiger partial charge in [-0.3, -0.25) is 9.98 Å². The fraction of sp³-hybridized carbons (Fsp3) is 0.880. The highest BCUT2D eigenvalue weighted by atomic mass is 32.1. The molecule has 0 radical (unpaired) electrons. The molecule has 34 heavy (non-hydrogen) atoms. The molecule has 0 bridgehead atoms. The van der Waals surface area contributed by atoms with Crippen LogP contribution in [0.3, 0.4) is 0 Å². The topological polar surface area (TPSA) is 49.7 Å². The molecule has 9 heteroatoms. The Labute approximate surface area is 215 Å². The maximum Gasteiger partial charge on any atom is 0.192 e. The number of nitrogens with zero attached hydrogens (tertiary/aromatic N) is 4. The van der Waals surface area contributed by atoms with Crippen molar-refractivity contribution < 1.29 is 8.85 Å². The van der Waals surface area contributed by atoms with E-state index < -0.39 is 16.6 Å². The zero-order valence-electron chi connectivity index (χ0n) is 23.3. The van der Waals surface area contributed by atoms with Crippen molar-refractivity contribution in [1.82, 2.24) is 9.80 Å². The quantitative estimate of drug-likeness (QED) is 0.312. The Kier molecular flexibility index (Phi) is 8.25. The zero-order chi connectivity index (χ0) is 25.5. The van der Waals surface area contributed by atoms with Gasteiger partial charge in [0.2, 0.25) is 0 Å². The number of thiocarbonyl (C=S) groups is 1. The third-order valence-corrected chi connectivity index (χ3v) is 18.0. The fourth-order valence-corrected chi connectivity index (χ4v) is 6.46. The summed E-state index contributed by atoms with van der Waals surface area (Å²) in [7, 11) is -3.49. The highest BCUT2D eigenvalue weighted by molar-refractivity contribution is 7.80. The van der Waals surface area contributed by atoms with Gasteiger partial charge in [-0.2, -0.15) is 0 Å². The molecule has 0 saturated carbocycles. The second-order valence-corrected chi connectivity index (χ2v) is 23.2. The first kappa shape index (κ1) is 28.0. The summed E-state index contributed by atoms with van der Waals surface area (Å²) >= 11 is 5.90. The molecular weight excluding hydrogens is 477 g/mol. The van der Waals surface area contributed by atoms with Gasteiger partial charge in [0.25, 0.3) is 0 Å². The van der Waals surface area contributed by atoms with E-state index in [0.717, 1.165) is 68.8 Å². The van der Waals surface area contributed by atoms with Crippen LogP contribution in [-0.2, 0) is 8.85 Å². The van der Waals surface area contributed by atoms with E-state index in [0.29, 0.717) is 0 Å². The average molecular weight is 525 g/mol. The Bertz CT molecular complexity index is 764. The van der Waals surface area contributed by atoms with Gasteiger partial charge in [0, 0.05) is 25.9 Å². The third-order valence-electron chi connectivity index (χ3n) is 8.58. The summed E-state index contributed by atoms with van der Waals surface area (Å²) in [5, 5.41) is 1.32. The second kappa shape index (κ2) is 10.0. The molecule has 0 aliphatic carbocycles. The van der Waals surface area contributed by atoms with Crippen molar-refractivity contribution in [3.05, 3.63) is 0 Å². The predicted molar refractivity (Wildman–Crippen MR) is 153 cm³/mol.